The van der Waals surface area contributed by atoms with E-state index in [4.69, 9.17) is 4.74 Å². The summed E-state index contributed by atoms with van der Waals surface area (Å²) in [7, 11) is -11.9. The first-order chi connectivity index (χ1) is 17.0. The molecule has 3 fully saturated rings. The fourth-order valence-electron chi connectivity index (χ4n) is 3.53. The van der Waals surface area contributed by atoms with Crippen LogP contribution in [0.3, 0.4) is 0 Å². The smallest absolute Gasteiger partial charge is 0.326 e. The summed E-state index contributed by atoms with van der Waals surface area (Å²) in [5.74, 6) is -2.73. The number of urea groups is 1. The van der Waals surface area contributed by atoms with E-state index >= 15 is 0 Å². The number of carboxylic acids is 1. The van der Waals surface area contributed by atoms with E-state index in [1.165, 1.54) is 0 Å². The third kappa shape index (κ3) is 10.2. The van der Waals surface area contributed by atoms with Crippen LogP contribution in [0.25, 0.3) is 0 Å². The number of carboxylic acid groups (broad SMARTS) is 1. The van der Waals surface area contributed by atoms with Gasteiger partial charge in [-0.3, -0.25) is 28.7 Å². The number of rotatable bonds is 9. The zero-order valence-electron chi connectivity index (χ0n) is 21.2. The van der Waals surface area contributed by atoms with Crippen LogP contribution in [0.2, 0.25) is 0 Å². The van der Waals surface area contributed by atoms with Crippen LogP contribution in [0.1, 0.15) is 6.42 Å². The minimum atomic E-state index is -6.05. The van der Waals surface area contributed by atoms with Gasteiger partial charge < -0.3 is 59.2 Å². The standard InChI is InChI=1S/C15H24N2O18P2.3Na/c18-5-1-2-17(15(26)16-5)12-9(22)6(19)4(32-12)3-31-36(27,28)35-37(29,30)34-14-10(23)7(20)8(21)11(33-14)13(24)25;;;/h4,6-12,14,19-23H,1-3H2,(H,24,25)(H,27,28)(H,29,30)(H,16,18,26);;;/p-3/t4-,6-,7+,8+,9-,10-,11+,12-,14?;;;/m1.../s1. The van der Waals surface area contributed by atoms with Crippen LogP contribution in [0.5, 0.6) is 0 Å². The molecule has 0 aromatic heterocycles. The van der Waals surface area contributed by atoms with Crippen LogP contribution in [0, 0.1) is 0 Å². The fraction of sp³-hybridized carbons (Fsp3) is 0.800. The van der Waals surface area contributed by atoms with Crippen molar-refractivity contribution >= 4 is 122 Å². The molecule has 0 aromatic rings. The third-order valence-electron chi connectivity index (χ3n) is 5.36. The van der Waals surface area contributed by atoms with Gasteiger partial charge in [0.05, 0.1) is 12.6 Å². The Morgan fingerprint density at radius 1 is 0.950 bits per heavy atom. The maximum Gasteiger partial charge on any atom is 0.326 e. The molecule has 0 aliphatic carbocycles. The quantitative estimate of drug-likeness (QED) is 0.0998. The number of amides is 3. The summed E-state index contributed by atoms with van der Waals surface area (Å²) in [6, 6.07) is -0.956. The summed E-state index contributed by atoms with van der Waals surface area (Å²) < 4.78 is 45.9. The van der Waals surface area contributed by atoms with Crippen LogP contribution >= 0.6 is 15.6 Å². The van der Waals surface area contributed by atoms with Gasteiger partial charge in [-0.05, 0) is 0 Å². The molecular formula is C15H21N2Na3O18P2-3. The fourth-order valence-corrected chi connectivity index (χ4v) is 5.61. The summed E-state index contributed by atoms with van der Waals surface area (Å²) in [6.45, 7) is -1.35. The first kappa shape index (κ1) is 41.4. The zero-order chi connectivity index (χ0) is 27.9. The van der Waals surface area contributed by atoms with E-state index in [9.17, 15) is 63.9 Å². The summed E-state index contributed by atoms with van der Waals surface area (Å²) in [5, 5.41) is 62.0. The SMILES string of the molecule is O=C1CCN([C@@H]2O[C@H](COP(=O)([O-])OP(=O)([O-])OC3O[C@H](C(=O)[O-])[C@@H](O)[C@H](O)[C@H]3O)[C@@H](O)[C@H]2O)C(=O)N1.[Na].[Na].[Na]. The van der Waals surface area contributed by atoms with Crippen LogP contribution in [0.4, 0.5) is 4.79 Å². The van der Waals surface area contributed by atoms with Gasteiger partial charge in [-0.15, -0.1) is 0 Å². The van der Waals surface area contributed by atoms with Crippen LogP contribution < -0.4 is 20.2 Å². The Morgan fingerprint density at radius 2 is 1.55 bits per heavy atom. The molecule has 0 aromatic carbocycles. The Hall–Kier alpha value is 1.39. The number of carbonyl (C=O) groups excluding carboxylic acids is 3. The van der Waals surface area contributed by atoms with Gasteiger partial charge in [0.15, 0.2) is 12.5 Å². The number of nitrogens with one attached hydrogen (secondary N) is 1. The molecule has 20 nitrogen and oxygen atoms in total. The summed E-state index contributed by atoms with van der Waals surface area (Å²) >= 11 is 0. The normalized spacial score (nSPS) is 37.1. The van der Waals surface area contributed by atoms with Crippen molar-refractivity contribution in [2.24, 2.45) is 0 Å². The molecule has 11 atom stereocenters. The Labute approximate surface area is 291 Å². The second-order valence-corrected chi connectivity index (χ2v) is 10.8. The van der Waals surface area contributed by atoms with Gasteiger partial charge in [0.1, 0.15) is 42.7 Å². The van der Waals surface area contributed by atoms with Crippen LogP contribution in [-0.4, -0.2) is 205 Å². The van der Waals surface area contributed by atoms with Gasteiger partial charge >= 0.3 is 6.03 Å². The second-order valence-electron chi connectivity index (χ2n) is 7.94. The van der Waals surface area contributed by atoms with Gasteiger partial charge in [0.25, 0.3) is 15.6 Å². The number of carbonyl (C=O) groups is 3. The van der Waals surface area contributed by atoms with E-state index in [-0.39, 0.29) is 102 Å². The molecule has 25 heteroatoms. The van der Waals surface area contributed by atoms with Crippen molar-refractivity contribution in [2.45, 2.75) is 61.7 Å². The molecule has 3 aliphatic rings. The molecule has 3 aliphatic heterocycles. The van der Waals surface area contributed by atoms with Gasteiger partial charge in [-0.1, -0.05) is 0 Å². The minimum absolute atomic E-state index is 0. The van der Waals surface area contributed by atoms with Crippen molar-refractivity contribution in [3.63, 3.8) is 0 Å². The summed E-state index contributed by atoms with van der Waals surface area (Å²) in [4.78, 5) is 58.9. The average Bonchev–Trinajstić information content (AvgIpc) is 3.05. The number of imide groups is 1. The number of phosphoric acid groups is 2. The van der Waals surface area contributed by atoms with E-state index in [1.807, 2.05) is 5.32 Å². The molecule has 3 saturated heterocycles. The van der Waals surface area contributed by atoms with Gasteiger partial charge in [-0.25, -0.2) is 9.11 Å². The van der Waals surface area contributed by atoms with Crippen LogP contribution in [-0.2, 0) is 41.6 Å². The summed E-state index contributed by atoms with van der Waals surface area (Å²) in [5.41, 5.74) is 0. The predicted octanol–water partition coefficient (Wildman–Crippen LogP) is -8.22. The monoisotopic (exact) mass is 648 g/mol. The number of aliphatic hydroxyl groups excluding tert-OH is 5. The number of hydrogen-bond donors (Lipinski definition) is 6. The van der Waals surface area contributed by atoms with E-state index in [0.717, 1.165) is 4.90 Å². The Morgan fingerprint density at radius 3 is 2.10 bits per heavy atom. The first-order valence-electron chi connectivity index (χ1n) is 10.2. The number of aliphatic carboxylic acids is 1. The van der Waals surface area contributed by atoms with E-state index < -0.39 is 95.4 Å². The molecule has 3 amide bonds. The number of nitrogens with zero attached hydrogens (tertiary/aromatic N) is 1. The van der Waals surface area contributed by atoms with E-state index in [2.05, 4.69) is 18.1 Å². The topological polar surface area (TPSA) is 317 Å². The Bertz CT molecular complexity index is 1010. The van der Waals surface area contributed by atoms with E-state index in [0.29, 0.717) is 0 Å². The number of hydrogen-bond acceptors (Lipinski definition) is 18. The van der Waals surface area contributed by atoms with Crippen molar-refractivity contribution in [3.8, 4) is 0 Å². The molecule has 0 saturated carbocycles. The van der Waals surface area contributed by atoms with Crippen molar-refractivity contribution in [1.82, 2.24) is 10.2 Å². The molecule has 3 radical (unpaired) electrons. The van der Waals surface area contributed by atoms with Crippen molar-refractivity contribution < 1.29 is 86.8 Å². The molecule has 215 valence electrons. The average molecular weight is 648 g/mol. The molecule has 6 N–H and O–H groups in total. The van der Waals surface area contributed by atoms with Gasteiger partial charge in [-0.2, -0.15) is 0 Å². The first-order valence-corrected chi connectivity index (χ1v) is 13.1. The zero-order valence-corrected chi connectivity index (χ0v) is 29.0. The number of ether oxygens (including phenoxy) is 2. The minimum Gasteiger partial charge on any atom is -0.756 e. The summed E-state index contributed by atoms with van der Waals surface area (Å²) in [6.07, 6.45) is -18.8. The maximum absolute atomic E-state index is 12.0. The number of phosphoric ester groups is 2. The molecule has 40 heavy (non-hydrogen) atoms. The molecule has 0 bridgehead atoms. The molecule has 3 rings (SSSR count). The van der Waals surface area contributed by atoms with Crippen molar-refractivity contribution in [1.29, 1.82) is 0 Å². The molecule has 3 unspecified atom stereocenters. The molecular weight excluding hydrogens is 627 g/mol. The van der Waals surface area contributed by atoms with Gasteiger partial charge in [0.2, 0.25) is 5.91 Å². The largest absolute Gasteiger partial charge is 0.756 e. The van der Waals surface area contributed by atoms with E-state index in [1.54, 1.807) is 0 Å². The maximum atomic E-state index is 12.0. The van der Waals surface area contributed by atoms with Crippen molar-refractivity contribution in [3.05, 3.63) is 0 Å². The van der Waals surface area contributed by atoms with Crippen molar-refractivity contribution in [2.75, 3.05) is 13.2 Å². The van der Waals surface area contributed by atoms with Crippen LogP contribution in [0.15, 0.2) is 0 Å². The van der Waals surface area contributed by atoms with Gasteiger partial charge in [0, 0.05) is 102 Å². The molecule has 3 heterocycles. The Kier molecular flexibility index (Phi) is 17.2. The molecule has 0 spiro atoms. The number of aliphatic hydroxyl groups is 5. The third-order valence-corrected chi connectivity index (χ3v) is 7.89. The second kappa shape index (κ2) is 16.6. The Balaban J connectivity index is 0.00000507. The predicted molar refractivity (Wildman–Crippen MR) is 118 cm³/mol.